The van der Waals surface area contributed by atoms with Crippen LogP contribution < -0.4 is 21.3 Å². The topological polar surface area (TPSA) is 174 Å². The average Bonchev–Trinajstić information content (AvgIpc) is 3.22. The largest absolute Gasteiger partial charge is 0.481 e. The fraction of sp³-hybridized carbons (Fsp3) is 0.750. The third kappa shape index (κ3) is 8.16. The SMILES string of the molecule is CCC(C)C(NC(=O)C1CCCN1)C(=O)NC(CC(=O)O)C(=O)NC(C(=O)O)C(C)C. The van der Waals surface area contributed by atoms with Gasteiger partial charge < -0.3 is 31.5 Å². The maximum atomic E-state index is 12.9. The molecule has 1 aliphatic heterocycles. The lowest BCUT2D eigenvalue weighted by Crippen LogP contribution is -2.59. The first-order valence-corrected chi connectivity index (χ1v) is 10.6. The van der Waals surface area contributed by atoms with Gasteiger partial charge in [0.15, 0.2) is 0 Å². The number of carboxylic acid groups (broad SMARTS) is 2. The normalized spacial score (nSPS) is 19.7. The Bertz CT molecular complexity index is 676. The lowest BCUT2D eigenvalue weighted by molar-refractivity contribution is -0.144. The molecule has 176 valence electrons. The van der Waals surface area contributed by atoms with Crippen molar-refractivity contribution in [2.24, 2.45) is 11.8 Å². The summed E-state index contributed by atoms with van der Waals surface area (Å²) >= 11 is 0. The van der Waals surface area contributed by atoms with Crippen LogP contribution in [-0.4, -0.2) is 70.6 Å². The first kappa shape index (κ1) is 26.3. The Balaban J connectivity index is 2.96. The first-order valence-electron chi connectivity index (χ1n) is 10.6. The summed E-state index contributed by atoms with van der Waals surface area (Å²) in [5.41, 5.74) is 0. The molecule has 0 aromatic heterocycles. The Kier molecular flexibility index (Phi) is 10.4. The second-order valence-electron chi connectivity index (χ2n) is 8.25. The van der Waals surface area contributed by atoms with Crippen LogP contribution in [0.1, 0.15) is 53.4 Å². The molecule has 31 heavy (non-hydrogen) atoms. The summed E-state index contributed by atoms with van der Waals surface area (Å²) in [6, 6.07) is -4.10. The van der Waals surface area contributed by atoms with Crippen LogP contribution in [0, 0.1) is 11.8 Å². The predicted molar refractivity (Wildman–Crippen MR) is 111 cm³/mol. The van der Waals surface area contributed by atoms with Gasteiger partial charge in [-0.2, -0.15) is 0 Å². The molecular weight excluding hydrogens is 408 g/mol. The number of carbonyl (C=O) groups excluding carboxylic acids is 3. The molecule has 3 amide bonds. The van der Waals surface area contributed by atoms with Crippen LogP contribution in [0.5, 0.6) is 0 Å². The zero-order valence-electron chi connectivity index (χ0n) is 18.4. The molecule has 0 bridgehead atoms. The van der Waals surface area contributed by atoms with E-state index in [1.165, 1.54) is 0 Å². The summed E-state index contributed by atoms with van der Waals surface area (Å²) in [7, 11) is 0. The highest BCUT2D eigenvalue weighted by atomic mass is 16.4. The fourth-order valence-electron chi connectivity index (χ4n) is 3.28. The van der Waals surface area contributed by atoms with Crippen molar-refractivity contribution < 1.29 is 34.2 Å². The molecule has 1 saturated heterocycles. The molecule has 1 rings (SSSR count). The van der Waals surface area contributed by atoms with Gasteiger partial charge in [0.25, 0.3) is 0 Å². The highest BCUT2D eigenvalue weighted by Crippen LogP contribution is 2.12. The molecule has 11 heteroatoms. The van der Waals surface area contributed by atoms with Crippen molar-refractivity contribution >= 4 is 29.7 Å². The van der Waals surface area contributed by atoms with E-state index in [9.17, 15) is 29.1 Å². The molecule has 1 aliphatic rings. The summed E-state index contributed by atoms with van der Waals surface area (Å²) in [6.45, 7) is 7.50. The zero-order chi connectivity index (χ0) is 23.7. The van der Waals surface area contributed by atoms with Gasteiger partial charge in [-0.15, -0.1) is 0 Å². The summed E-state index contributed by atoms with van der Waals surface area (Å²) in [6.07, 6.45) is 1.32. The second kappa shape index (κ2) is 12.2. The molecule has 0 aromatic rings. The highest BCUT2D eigenvalue weighted by Gasteiger charge is 2.34. The Morgan fingerprint density at radius 1 is 0.968 bits per heavy atom. The lowest BCUT2D eigenvalue weighted by atomic mass is 9.97. The molecule has 0 saturated carbocycles. The van der Waals surface area contributed by atoms with Gasteiger partial charge in [0.1, 0.15) is 18.1 Å². The highest BCUT2D eigenvalue weighted by molar-refractivity contribution is 5.95. The number of carbonyl (C=O) groups is 5. The molecule has 5 unspecified atom stereocenters. The van der Waals surface area contributed by atoms with Crippen LogP contribution >= 0.6 is 0 Å². The molecule has 5 atom stereocenters. The van der Waals surface area contributed by atoms with Crippen molar-refractivity contribution in [1.29, 1.82) is 0 Å². The van der Waals surface area contributed by atoms with E-state index in [0.29, 0.717) is 19.4 Å². The minimum atomic E-state index is -1.49. The second-order valence-corrected chi connectivity index (χ2v) is 8.25. The molecule has 1 heterocycles. The standard InChI is InChI=1S/C20H34N4O7/c1-5-11(4)16(24-17(27)12-7-6-8-21-12)19(29)22-13(9-14(25)26)18(28)23-15(10(2)3)20(30)31/h10-13,15-16,21H,5-9H2,1-4H3,(H,22,29)(H,23,28)(H,24,27)(H,25,26)(H,30,31). The van der Waals surface area contributed by atoms with Gasteiger partial charge >= 0.3 is 11.9 Å². The Morgan fingerprint density at radius 3 is 2.06 bits per heavy atom. The van der Waals surface area contributed by atoms with E-state index in [0.717, 1.165) is 6.42 Å². The van der Waals surface area contributed by atoms with Crippen LogP contribution in [0.15, 0.2) is 0 Å². The van der Waals surface area contributed by atoms with Gasteiger partial charge in [-0.05, 0) is 31.2 Å². The molecule has 0 aromatic carbocycles. The smallest absolute Gasteiger partial charge is 0.326 e. The number of rotatable bonds is 12. The first-order chi connectivity index (χ1) is 14.5. The third-order valence-corrected chi connectivity index (χ3v) is 5.41. The average molecular weight is 443 g/mol. The van der Waals surface area contributed by atoms with Gasteiger partial charge in [0, 0.05) is 0 Å². The van der Waals surface area contributed by atoms with E-state index in [1.807, 2.05) is 6.92 Å². The van der Waals surface area contributed by atoms with Crippen LogP contribution in [0.25, 0.3) is 0 Å². The summed E-state index contributed by atoms with van der Waals surface area (Å²) in [4.78, 5) is 60.6. The Hall–Kier alpha value is -2.69. The Morgan fingerprint density at radius 2 is 1.61 bits per heavy atom. The molecule has 6 N–H and O–H groups in total. The van der Waals surface area contributed by atoms with E-state index in [1.54, 1.807) is 20.8 Å². The number of nitrogens with one attached hydrogen (secondary N) is 4. The van der Waals surface area contributed by atoms with E-state index in [-0.39, 0.29) is 11.8 Å². The minimum Gasteiger partial charge on any atom is -0.481 e. The summed E-state index contributed by atoms with van der Waals surface area (Å²) < 4.78 is 0. The predicted octanol–water partition coefficient (Wildman–Crippen LogP) is -0.546. The molecule has 11 nitrogen and oxygen atoms in total. The van der Waals surface area contributed by atoms with Crippen molar-refractivity contribution in [3.05, 3.63) is 0 Å². The van der Waals surface area contributed by atoms with Gasteiger partial charge in [-0.3, -0.25) is 19.2 Å². The minimum absolute atomic E-state index is 0.277. The van der Waals surface area contributed by atoms with Crippen LogP contribution in [0.3, 0.4) is 0 Å². The van der Waals surface area contributed by atoms with E-state index < -0.39 is 60.3 Å². The number of hydrogen-bond acceptors (Lipinski definition) is 6. The van der Waals surface area contributed by atoms with Crippen LogP contribution in [0.2, 0.25) is 0 Å². The lowest BCUT2D eigenvalue weighted by Gasteiger charge is -2.28. The number of carboxylic acids is 2. The Labute approximate surface area is 181 Å². The van der Waals surface area contributed by atoms with Crippen molar-refractivity contribution in [3.63, 3.8) is 0 Å². The van der Waals surface area contributed by atoms with Gasteiger partial charge in [0.2, 0.25) is 17.7 Å². The van der Waals surface area contributed by atoms with Crippen LogP contribution in [-0.2, 0) is 24.0 Å². The van der Waals surface area contributed by atoms with Gasteiger partial charge in [-0.25, -0.2) is 4.79 Å². The molecule has 0 radical (unpaired) electrons. The zero-order valence-corrected chi connectivity index (χ0v) is 18.4. The quantitative estimate of drug-likeness (QED) is 0.233. The molecule has 1 fully saturated rings. The number of hydrogen-bond donors (Lipinski definition) is 6. The third-order valence-electron chi connectivity index (χ3n) is 5.41. The van der Waals surface area contributed by atoms with Crippen LogP contribution in [0.4, 0.5) is 0 Å². The van der Waals surface area contributed by atoms with E-state index in [4.69, 9.17) is 5.11 Å². The molecule has 0 aliphatic carbocycles. The van der Waals surface area contributed by atoms with Crippen molar-refractivity contribution in [1.82, 2.24) is 21.3 Å². The van der Waals surface area contributed by atoms with E-state index in [2.05, 4.69) is 21.3 Å². The maximum absolute atomic E-state index is 12.9. The number of amides is 3. The number of aliphatic carboxylic acids is 2. The van der Waals surface area contributed by atoms with Crippen molar-refractivity contribution in [3.8, 4) is 0 Å². The molecule has 0 spiro atoms. The fourth-order valence-corrected chi connectivity index (χ4v) is 3.28. The summed E-state index contributed by atoms with van der Waals surface area (Å²) in [5.74, 6) is -5.27. The van der Waals surface area contributed by atoms with Crippen molar-refractivity contribution in [2.45, 2.75) is 77.5 Å². The maximum Gasteiger partial charge on any atom is 0.326 e. The van der Waals surface area contributed by atoms with Crippen molar-refractivity contribution in [2.75, 3.05) is 6.54 Å². The van der Waals surface area contributed by atoms with E-state index >= 15 is 0 Å². The summed E-state index contributed by atoms with van der Waals surface area (Å²) in [5, 5.41) is 28.8. The van der Waals surface area contributed by atoms with Gasteiger partial charge in [-0.1, -0.05) is 34.1 Å². The molecular formula is C20H34N4O7. The monoisotopic (exact) mass is 442 g/mol. The van der Waals surface area contributed by atoms with Gasteiger partial charge in [0.05, 0.1) is 12.5 Å².